The molecule has 19 heavy (non-hydrogen) atoms. The van der Waals surface area contributed by atoms with Gasteiger partial charge in [0, 0.05) is 42.5 Å². The normalized spacial score (nSPS) is 16.6. The van der Waals surface area contributed by atoms with Crippen molar-refractivity contribution in [2.45, 2.75) is 6.42 Å². The lowest BCUT2D eigenvalue weighted by Gasteiger charge is -2.34. The average Bonchev–Trinajstić information content (AvgIpc) is 2.42. The molecular formula is C14H18Br2N2O. The van der Waals surface area contributed by atoms with Crippen LogP contribution in [0.3, 0.4) is 0 Å². The molecule has 0 spiro atoms. The second-order valence-corrected chi connectivity index (χ2v) is 6.42. The molecular weight excluding hydrogens is 372 g/mol. The first-order chi connectivity index (χ1) is 9.19. The largest absolute Gasteiger partial charge is 0.340 e. The van der Waals surface area contributed by atoms with Gasteiger partial charge in [-0.1, -0.05) is 44.0 Å². The molecule has 1 aliphatic rings. The van der Waals surface area contributed by atoms with Gasteiger partial charge < -0.3 is 4.90 Å². The van der Waals surface area contributed by atoms with Gasteiger partial charge in [-0.2, -0.15) is 0 Å². The molecule has 0 saturated carbocycles. The molecule has 0 bridgehead atoms. The van der Waals surface area contributed by atoms with Crippen molar-refractivity contribution in [3.8, 4) is 0 Å². The van der Waals surface area contributed by atoms with Crippen LogP contribution in [0.15, 0.2) is 28.7 Å². The summed E-state index contributed by atoms with van der Waals surface area (Å²) in [4.78, 5) is 16.6. The summed E-state index contributed by atoms with van der Waals surface area (Å²) in [6.45, 7) is 4.73. The maximum absolute atomic E-state index is 12.2. The number of carbonyl (C=O) groups excluding carboxylic acids is 1. The number of amides is 1. The Labute approximate surface area is 131 Å². The van der Waals surface area contributed by atoms with Crippen LogP contribution in [0.5, 0.6) is 0 Å². The van der Waals surface area contributed by atoms with Crippen molar-refractivity contribution in [1.29, 1.82) is 0 Å². The number of hydrogen-bond acceptors (Lipinski definition) is 2. The van der Waals surface area contributed by atoms with Crippen molar-refractivity contribution in [2.24, 2.45) is 0 Å². The zero-order valence-corrected chi connectivity index (χ0v) is 14.0. The molecule has 3 nitrogen and oxygen atoms in total. The van der Waals surface area contributed by atoms with Gasteiger partial charge >= 0.3 is 0 Å². The van der Waals surface area contributed by atoms with Crippen LogP contribution in [0.25, 0.3) is 0 Å². The van der Waals surface area contributed by atoms with E-state index in [-0.39, 0.29) is 5.91 Å². The molecule has 1 amide bonds. The van der Waals surface area contributed by atoms with Crippen LogP contribution in [0.1, 0.15) is 5.56 Å². The van der Waals surface area contributed by atoms with E-state index in [4.69, 9.17) is 0 Å². The van der Waals surface area contributed by atoms with Crippen molar-refractivity contribution < 1.29 is 4.79 Å². The van der Waals surface area contributed by atoms with E-state index < -0.39 is 0 Å². The Morgan fingerprint density at radius 2 is 1.74 bits per heavy atom. The van der Waals surface area contributed by atoms with Gasteiger partial charge in [0.1, 0.15) is 0 Å². The number of alkyl halides is 1. The van der Waals surface area contributed by atoms with Crippen LogP contribution in [0.4, 0.5) is 0 Å². The summed E-state index contributed by atoms with van der Waals surface area (Å²) in [5.74, 6) is 0.237. The Morgan fingerprint density at radius 1 is 1.11 bits per heavy atom. The standard InChI is InChI=1S/C14H18Br2N2O/c15-5-6-17-7-9-18(10-8-17)14(19)11-12-1-3-13(16)4-2-12/h1-4H,5-11H2. The second-order valence-electron chi connectivity index (χ2n) is 4.71. The summed E-state index contributed by atoms with van der Waals surface area (Å²) in [6, 6.07) is 7.97. The lowest BCUT2D eigenvalue weighted by Crippen LogP contribution is -2.49. The Kier molecular flexibility index (Phi) is 5.85. The second kappa shape index (κ2) is 7.41. The van der Waals surface area contributed by atoms with Crippen LogP contribution in [0.2, 0.25) is 0 Å². The fraction of sp³-hybridized carbons (Fsp3) is 0.500. The third-order valence-electron chi connectivity index (χ3n) is 3.39. The Hall–Kier alpha value is -0.390. The smallest absolute Gasteiger partial charge is 0.227 e. The van der Waals surface area contributed by atoms with Gasteiger partial charge in [0.2, 0.25) is 5.91 Å². The first-order valence-electron chi connectivity index (χ1n) is 6.49. The quantitative estimate of drug-likeness (QED) is 0.738. The molecule has 0 atom stereocenters. The van der Waals surface area contributed by atoms with Crippen LogP contribution in [-0.4, -0.2) is 53.8 Å². The molecule has 0 aromatic heterocycles. The minimum Gasteiger partial charge on any atom is -0.340 e. The summed E-state index contributed by atoms with van der Waals surface area (Å²) in [5, 5.41) is 1.000. The van der Waals surface area contributed by atoms with Gasteiger partial charge in [0.15, 0.2) is 0 Å². The molecule has 1 heterocycles. The van der Waals surface area contributed by atoms with Gasteiger partial charge in [-0.25, -0.2) is 0 Å². The lowest BCUT2D eigenvalue weighted by atomic mass is 10.1. The van der Waals surface area contributed by atoms with Crippen molar-refractivity contribution in [1.82, 2.24) is 9.80 Å². The Balaban J connectivity index is 1.83. The Bertz CT molecular complexity index is 414. The summed E-state index contributed by atoms with van der Waals surface area (Å²) >= 11 is 6.86. The molecule has 0 aliphatic carbocycles. The topological polar surface area (TPSA) is 23.6 Å². The maximum atomic E-state index is 12.2. The van der Waals surface area contributed by atoms with E-state index >= 15 is 0 Å². The van der Waals surface area contributed by atoms with E-state index in [1.165, 1.54) is 0 Å². The highest BCUT2D eigenvalue weighted by atomic mass is 79.9. The number of benzene rings is 1. The number of halogens is 2. The predicted molar refractivity (Wildman–Crippen MR) is 84.7 cm³/mol. The number of hydrogen-bond donors (Lipinski definition) is 0. The first-order valence-corrected chi connectivity index (χ1v) is 8.41. The molecule has 2 rings (SSSR count). The average molecular weight is 390 g/mol. The van der Waals surface area contributed by atoms with Crippen LogP contribution in [0, 0.1) is 0 Å². The molecule has 1 aromatic rings. The SMILES string of the molecule is O=C(Cc1ccc(Br)cc1)N1CCN(CCBr)CC1. The van der Waals surface area contributed by atoms with E-state index in [0.717, 1.165) is 48.1 Å². The minimum atomic E-state index is 0.237. The van der Waals surface area contributed by atoms with Gasteiger partial charge in [-0.3, -0.25) is 9.69 Å². The fourth-order valence-corrected chi connectivity index (χ4v) is 2.99. The molecule has 1 saturated heterocycles. The zero-order valence-electron chi connectivity index (χ0n) is 10.8. The number of nitrogens with zero attached hydrogens (tertiary/aromatic N) is 2. The third-order valence-corrected chi connectivity index (χ3v) is 4.28. The van der Waals surface area contributed by atoms with Crippen molar-refractivity contribution in [3.63, 3.8) is 0 Å². The molecule has 104 valence electrons. The summed E-state index contributed by atoms with van der Waals surface area (Å²) in [5.41, 5.74) is 1.08. The van der Waals surface area contributed by atoms with E-state index in [2.05, 4.69) is 36.8 Å². The van der Waals surface area contributed by atoms with E-state index in [9.17, 15) is 4.79 Å². The minimum absolute atomic E-state index is 0.237. The van der Waals surface area contributed by atoms with Gasteiger partial charge in [-0.05, 0) is 17.7 Å². The van der Waals surface area contributed by atoms with Crippen molar-refractivity contribution in [3.05, 3.63) is 34.3 Å². The lowest BCUT2D eigenvalue weighted by molar-refractivity contribution is -0.132. The van der Waals surface area contributed by atoms with Crippen LogP contribution < -0.4 is 0 Å². The van der Waals surface area contributed by atoms with Gasteiger partial charge in [-0.15, -0.1) is 0 Å². The molecule has 1 aromatic carbocycles. The zero-order chi connectivity index (χ0) is 13.7. The Morgan fingerprint density at radius 3 is 2.32 bits per heavy atom. The van der Waals surface area contributed by atoms with E-state index in [1.807, 2.05) is 29.2 Å². The summed E-state index contributed by atoms with van der Waals surface area (Å²) < 4.78 is 1.05. The monoisotopic (exact) mass is 388 g/mol. The molecule has 1 fully saturated rings. The van der Waals surface area contributed by atoms with Crippen molar-refractivity contribution in [2.75, 3.05) is 38.1 Å². The van der Waals surface area contributed by atoms with E-state index in [0.29, 0.717) is 6.42 Å². The number of carbonyl (C=O) groups is 1. The molecule has 5 heteroatoms. The fourth-order valence-electron chi connectivity index (χ4n) is 2.23. The molecule has 0 unspecified atom stereocenters. The van der Waals surface area contributed by atoms with Gasteiger partial charge in [0.05, 0.1) is 6.42 Å². The number of piperazine rings is 1. The third kappa shape index (κ3) is 4.58. The molecule has 0 radical (unpaired) electrons. The van der Waals surface area contributed by atoms with E-state index in [1.54, 1.807) is 0 Å². The first kappa shape index (κ1) is 15.0. The highest BCUT2D eigenvalue weighted by Crippen LogP contribution is 2.12. The van der Waals surface area contributed by atoms with Crippen molar-refractivity contribution >= 4 is 37.8 Å². The summed E-state index contributed by atoms with van der Waals surface area (Å²) in [6.07, 6.45) is 0.506. The predicted octanol–water partition coefficient (Wildman–Crippen LogP) is 2.53. The highest BCUT2D eigenvalue weighted by molar-refractivity contribution is 9.10. The maximum Gasteiger partial charge on any atom is 0.227 e. The highest BCUT2D eigenvalue weighted by Gasteiger charge is 2.20. The van der Waals surface area contributed by atoms with Crippen LogP contribution in [-0.2, 0) is 11.2 Å². The molecule has 1 aliphatic heterocycles. The van der Waals surface area contributed by atoms with Gasteiger partial charge in [0.25, 0.3) is 0 Å². The summed E-state index contributed by atoms with van der Waals surface area (Å²) in [7, 11) is 0. The molecule has 0 N–H and O–H groups in total. The number of rotatable bonds is 4. The van der Waals surface area contributed by atoms with Crippen LogP contribution >= 0.6 is 31.9 Å².